The molecular weight excluding hydrogens is 615 g/mol. The van der Waals surface area contributed by atoms with Crippen LogP contribution < -0.4 is 0 Å². The van der Waals surface area contributed by atoms with Crippen LogP contribution in [0.3, 0.4) is 0 Å². The fraction of sp³-hybridized carbons (Fsp3) is 0. The van der Waals surface area contributed by atoms with Gasteiger partial charge in [0.15, 0.2) is 17.5 Å². The van der Waals surface area contributed by atoms with Gasteiger partial charge >= 0.3 is 0 Å². The number of nitrogens with zero attached hydrogens (tertiary/aromatic N) is 3. The average molecular weight is 654 g/mol. The van der Waals surface area contributed by atoms with E-state index in [4.69, 9.17) is 36.1 Å². The summed E-state index contributed by atoms with van der Waals surface area (Å²) < 4.78 is 118. The molecule has 3 aromatic heterocycles. The predicted octanol–water partition coefficient (Wildman–Crippen LogP) is 12.0. The van der Waals surface area contributed by atoms with Crippen molar-refractivity contribution in [2.24, 2.45) is 0 Å². The molecule has 0 spiro atoms. The molecule has 0 saturated carbocycles. The Labute approximate surface area is 304 Å². The minimum atomic E-state index is -0.624. The summed E-state index contributed by atoms with van der Waals surface area (Å²) in [6.45, 7) is 0. The summed E-state index contributed by atoms with van der Waals surface area (Å²) in [5.74, 6) is 1.27. The molecule has 0 aliphatic heterocycles. The topological polar surface area (TPSA) is 65.0 Å². The van der Waals surface area contributed by atoms with Crippen LogP contribution in [0.5, 0.6) is 0 Å². The fourth-order valence-electron chi connectivity index (χ4n) is 5.91. The molecule has 0 amide bonds. The van der Waals surface area contributed by atoms with Gasteiger partial charge in [0.05, 0.1) is 16.4 Å². The molecule has 0 N–H and O–H groups in total. The Morgan fingerprint density at radius 1 is 0.360 bits per heavy atom. The van der Waals surface area contributed by atoms with Gasteiger partial charge in [-0.15, -0.1) is 0 Å². The first kappa shape index (κ1) is 18.6. The smallest absolute Gasteiger partial charge is 0.164 e. The van der Waals surface area contributed by atoms with Crippen molar-refractivity contribution < 1.29 is 25.3 Å². The van der Waals surface area contributed by atoms with Crippen LogP contribution in [0.15, 0.2) is 172 Å². The molecule has 5 nitrogen and oxygen atoms in total. The lowest BCUT2D eigenvalue weighted by molar-refractivity contribution is 0.669. The maximum absolute atomic E-state index is 9.39. The van der Waals surface area contributed by atoms with E-state index in [2.05, 4.69) is 0 Å². The van der Waals surface area contributed by atoms with E-state index in [1.54, 1.807) is 18.2 Å². The monoisotopic (exact) mass is 653 g/mol. The van der Waals surface area contributed by atoms with Gasteiger partial charge < -0.3 is 8.83 Å². The van der Waals surface area contributed by atoms with Gasteiger partial charge in [-0.1, -0.05) is 115 Å². The number of fused-ring (bicyclic) bond motifs is 6. The first-order chi connectivity index (χ1) is 29.8. The van der Waals surface area contributed by atoms with Crippen LogP contribution in [-0.4, -0.2) is 15.0 Å². The van der Waals surface area contributed by atoms with Gasteiger partial charge in [0.25, 0.3) is 0 Å². The summed E-state index contributed by atoms with van der Waals surface area (Å²) in [4.78, 5) is 14.4. The second-order valence-corrected chi connectivity index (χ2v) is 11.5. The number of hydrogen-bond acceptors (Lipinski definition) is 5. The Hall–Kier alpha value is -6.85. The Kier molecular flexibility index (Phi) is 4.24. The van der Waals surface area contributed by atoms with E-state index < -0.39 is 66.0 Å². The first-order valence-corrected chi connectivity index (χ1v) is 15.6. The molecule has 7 aromatic carbocycles. The third kappa shape index (κ3) is 4.83. The van der Waals surface area contributed by atoms with Gasteiger partial charge in [-0.25, -0.2) is 15.0 Å². The van der Waals surface area contributed by atoms with Crippen molar-refractivity contribution in [3.63, 3.8) is 0 Å². The summed E-state index contributed by atoms with van der Waals surface area (Å²) in [7, 11) is 0. The summed E-state index contributed by atoms with van der Waals surface area (Å²) in [6.07, 6.45) is 0. The highest BCUT2D eigenvalue weighted by atomic mass is 16.3. The minimum absolute atomic E-state index is 0.0417. The largest absolute Gasteiger partial charge is 0.456 e. The maximum atomic E-state index is 9.39. The Bertz CT molecular complexity index is 3500. The van der Waals surface area contributed by atoms with Gasteiger partial charge in [0.1, 0.15) is 22.3 Å². The summed E-state index contributed by atoms with van der Waals surface area (Å²) in [6, 6.07) is 21.6. The van der Waals surface area contributed by atoms with Gasteiger partial charge in [0.2, 0.25) is 0 Å². The van der Waals surface area contributed by atoms with Gasteiger partial charge in [-0.2, -0.15) is 0 Å². The van der Waals surface area contributed by atoms with Crippen LogP contribution >= 0.6 is 0 Å². The van der Waals surface area contributed by atoms with Gasteiger partial charge in [0, 0.05) is 38.2 Å². The van der Waals surface area contributed by atoms with Crippen LogP contribution in [-0.2, 0) is 0 Å². The van der Waals surface area contributed by atoms with E-state index in [1.807, 2.05) is 66.7 Å². The zero-order valence-electron chi connectivity index (χ0n) is 37.8. The lowest BCUT2D eigenvalue weighted by Gasteiger charge is -2.09. The SMILES string of the molecule is [2H]c1cc2c(oc3c([2H])c([2H])c(-c4c([2H])c([2H])c5c(oc6c([2H])c([2H])c([2H])c([2H])c65)c4[2H])c([2H])c32)c([2H])c1-c1cccc(-c2nc(-c3ccccc3)nc(-c3ccccc3)n2)c1. The average Bonchev–Trinajstić information content (AvgIpc) is 3.89. The van der Waals surface area contributed by atoms with Crippen molar-refractivity contribution >= 4 is 43.9 Å². The predicted molar refractivity (Wildman–Crippen MR) is 202 cm³/mol. The lowest BCUT2D eigenvalue weighted by Crippen LogP contribution is -2.00. The Balaban J connectivity index is 1.15. The molecule has 0 aliphatic carbocycles. The van der Waals surface area contributed by atoms with Crippen LogP contribution in [0.1, 0.15) is 16.4 Å². The van der Waals surface area contributed by atoms with Crippen LogP contribution in [0, 0.1) is 0 Å². The lowest BCUT2D eigenvalue weighted by atomic mass is 9.99. The van der Waals surface area contributed by atoms with E-state index >= 15 is 0 Å². The summed E-state index contributed by atoms with van der Waals surface area (Å²) in [5.41, 5.74) is 1.08. The van der Waals surface area contributed by atoms with E-state index in [0.29, 0.717) is 28.6 Å². The molecule has 0 unspecified atom stereocenters. The molecule has 0 atom stereocenters. The van der Waals surface area contributed by atoms with E-state index in [1.165, 1.54) is 6.07 Å². The zero-order chi connectivity index (χ0) is 43.5. The second-order valence-electron chi connectivity index (χ2n) is 11.5. The minimum Gasteiger partial charge on any atom is -0.456 e. The van der Waals surface area contributed by atoms with Crippen molar-refractivity contribution in [2.45, 2.75) is 0 Å². The molecule has 0 bridgehead atoms. The molecule has 0 saturated heterocycles. The van der Waals surface area contributed by atoms with Crippen molar-refractivity contribution in [3.05, 3.63) is 164 Å². The van der Waals surface area contributed by atoms with Crippen LogP contribution in [0.2, 0.25) is 0 Å². The summed E-state index contributed by atoms with van der Waals surface area (Å²) >= 11 is 0. The molecule has 3 heterocycles. The van der Waals surface area contributed by atoms with E-state index in [9.17, 15) is 4.11 Å². The third-order valence-electron chi connectivity index (χ3n) is 8.34. The van der Waals surface area contributed by atoms with Crippen LogP contribution in [0.4, 0.5) is 0 Å². The highest BCUT2D eigenvalue weighted by molar-refractivity contribution is 6.08. The Morgan fingerprint density at radius 3 is 1.64 bits per heavy atom. The van der Waals surface area contributed by atoms with E-state index in [0.717, 1.165) is 11.1 Å². The van der Waals surface area contributed by atoms with E-state index in [-0.39, 0.29) is 67.1 Å². The van der Waals surface area contributed by atoms with Gasteiger partial charge in [-0.05, 0) is 70.6 Å². The Morgan fingerprint density at radius 2 is 0.900 bits per heavy atom. The number of hydrogen-bond donors (Lipinski definition) is 0. The molecule has 0 radical (unpaired) electrons. The molecule has 0 aliphatic rings. The second kappa shape index (κ2) is 11.4. The van der Waals surface area contributed by atoms with Gasteiger partial charge in [-0.3, -0.25) is 0 Å². The molecular formula is C45H27N3O2. The molecule has 0 fully saturated rings. The third-order valence-corrected chi connectivity index (χ3v) is 8.34. The molecule has 50 heavy (non-hydrogen) atoms. The van der Waals surface area contributed by atoms with Crippen molar-refractivity contribution in [3.8, 4) is 56.4 Å². The summed E-state index contributed by atoms with van der Waals surface area (Å²) in [5, 5.41) is -0.291. The highest BCUT2D eigenvalue weighted by Gasteiger charge is 2.15. The number of furan rings is 2. The molecule has 10 rings (SSSR count). The number of rotatable bonds is 5. The fourth-order valence-corrected chi connectivity index (χ4v) is 5.91. The first-order valence-electron chi connectivity index (χ1n) is 21.6. The number of aromatic nitrogens is 3. The quantitative estimate of drug-likeness (QED) is 0.185. The molecule has 234 valence electrons. The van der Waals surface area contributed by atoms with Crippen LogP contribution in [0.25, 0.3) is 100 Å². The molecule has 5 heteroatoms. The highest BCUT2D eigenvalue weighted by Crippen LogP contribution is 2.37. The maximum Gasteiger partial charge on any atom is 0.164 e. The number of para-hydroxylation sites is 1. The molecule has 10 aromatic rings. The van der Waals surface area contributed by atoms with Crippen molar-refractivity contribution in [2.75, 3.05) is 0 Å². The van der Waals surface area contributed by atoms with Crippen molar-refractivity contribution in [1.82, 2.24) is 15.0 Å². The zero-order valence-corrected chi connectivity index (χ0v) is 25.8. The van der Waals surface area contributed by atoms with Crippen molar-refractivity contribution in [1.29, 1.82) is 0 Å². The standard InChI is InChI=1S/C45H27N3O2/c1-3-10-28(11-4-1)43-46-44(29-12-5-2-6-13-29)48-45(47-43)34-15-9-14-30(24-34)32-19-22-37-38-25-31(20-23-40(38)50-42(37)26-32)33-18-21-36-35-16-7-8-17-39(35)49-41(36)27-33/h1-27H/i7D,8D,16D,17D,18D,19D,20D,21D,23D,25D,26D,27D. The number of benzene rings is 7. The normalized spacial score (nSPS) is 15.0.